The molecule has 2 atom stereocenters. The second-order valence-electron chi connectivity index (χ2n) is 6.64. The second-order valence-corrected chi connectivity index (χ2v) is 8.52. The Morgan fingerprint density at radius 3 is 2.33 bits per heavy atom. The van der Waals surface area contributed by atoms with Crippen molar-refractivity contribution in [3.8, 4) is 0 Å². The van der Waals surface area contributed by atoms with Crippen molar-refractivity contribution < 1.29 is 8.42 Å². The number of nitrogens with zero attached hydrogens (tertiary/aromatic N) is 2. The van der Waals surface area contributed by atoms with Crippen LogP contribution in [0.1, 0.15) is 52.4 Å². The van der Waals surface area contributed by atoms with Crippen molar-refractivity contribution in [3.05, 3.63) is 0 Å². The molecule has 21 heavy (non-hydrogen) atoms. The van der Waals surface area contributed by atoms with E-state index in [4.69, 9.17) is 5.73 Å². The van der Waals surface area contributed by atoms with Gasteiger partial charge in [-0.05, 0) is 44.1 Å². The van der Waals surface area contributed by atoms with Crippen molar-refractivity contribution in [1.29, 1.82) is 0 Å². The summed E-state index contributed by atoms with van der Waals surface area (Å²) in [5.74, 6) is 0.954. The van der Waals surface area contributed by atoms with Crippen LogP contribution < -0.4 is 5.73 Å². The van der Waals surface area contributed by atoms with E-state index < -0.39 is 10.2 Å². The van der Waals surface area contributed by atoms with E-state index in [9.17, 15) is 8.42 Å². The number of piperidine rings is 1. The highest BCUT2D eigenvalue weighted by molar-refractivity contribution is 7.86. The lowest BCUT2D eigenvalue weighted by molar-refractivity contribution is 0.171. The molecule has 5 nitrogen and oxygen atoms in total. The van der Waals surface area contributed by atoms with E-state index >= 15 is 0 Å². The lowest BCUT2D eigenvalue weighted by Gasteiger charge is -2.41. The summed E-state index contributed by atoms with van der Waals surface area (Å²) in [6.07, 6.45) is 6.26. The Labute approximate surface area is 130 Å². The molecule has 0 aromatic carbocycles. The van der Waals surface area contributed by atoms with E-state index in [2.05, 4.69) is 6.92 Å². The molecule has 6 heteroatoms. The predicted octanol–water partition coefficient (Wildman–Crippen LogP) is 1.80. The SMILES string of the molecule is CCN(C1CCCCC1CN)S(=O)(=O)N1CCC(C)CC1. The molecule has 1 aliphatic carbocycles. The van der Waals surface area contributed by atoms with Crippen LogP contribution in [0.4, 0.5) is 0 Å². The number of nitrogens with two attached hydrogens (primary N) is 1. The van der Waals surface area contributed by atoms with E-state index in [-0.39, 0.29) is 6.04 Å². The van der Waals surface area contributed by atoms with Gasteiger partial charge >= 0.3 is 0 Å². The zero-order valence-corrected chi connectivity index (χ0v) is 14.3. The molecular weight excluding hydrogens is 286 g/mol. The summed E-state index contributed by atoms with van der Waals surface area (Å²) < 4.78 is 29.4. The number of hydrogen-bond donors (Lipinski definition) is 1. The van der Waals surface area contributed by atoms with Crippen molar-refractivity contribution in [2.45, 2.75) is 58.4 Å². The van der Waals surface area contributed by atoms with Crippen LogP contribution in [0.25, 0.3) is 0 Å². The Morgan fingerprint density at radius 2 is 1.76 bits per heavy atom. The molecule has 0 aromatic rings. The summed E-state index contributed by atoms with van der Waals surface area (Å²) in [7, 11) is -3.33. The summed E-state index contributed by atoms with van der Waals surface area (Å²) in [6, 6.07) is 0.0955. The Bertz CT molecular complexity index is 419. The maximum Gasteiger partial charge on any atom is 0.282 e. The monoisotopic (exact) mass is 317 g/mol. The average Bonchev–Trinajstić information content (AvgIpc) is 2.48. The highest BCUT2D eigenvalue weighted by atomic mass is 32.2. The van der Waals surface area contributed by atoms with Crippen LogP contribution in [-0.2, 0) is 10.2 Å². The summed E-state index contributed by atoms with van der Waals surface area (Å²) in [5, 5.41) is 0. The van der Waals surface area contributed by atoms with Crippen LogP contribution in [0.2, 0.25) is 0 Å². The standard InChI is InChI=1S/C15H31N3O2S/c1-3-18(15-7-5-4-6-14(15)12-16)21(19,20)17-10-8-13(2)9-11-17/h13-15H,3-12,16H2,1-2H3. The van der Waals surface area contributed by atoms with Gasteiger partial charge in [0.05, 0.1) is 0 Å². The molecule has 1 heterocycles. The van der Waals surface area contributed by atoms with Crippen LogP contribution >= 0.6 is 0 Å². The number of hydrogen-bond acceptors (Lipinski definition) is 3. The molecular formula is C15H31N3O2S. The first-order valence-electron chi connectivity index (χ1n) is 8.47. The Kier molecular flexibility index (Phi) is 6.05. The lowest BCUT2D eigenvalue weighted by atomic mass is 9.84. The summed E-state index contributed by atoms with van der Waals surface area (Å²) in [6.45, 7) is 6.63. The normalized spacial score (nSPS) is 29.9. The van der Waals surface area contributed by atoms with E-state index in [1.807, 2.05) is 6.92 Å². The molecule has 1 saturated carbocycles. The van der Waals surface area contributed by atoms with Crippen LogP contribution in [-0.4, -0.2) is 49.2 Å². The summed E-state index contributed by atoms with van der Waals surface area (Å²) in [5.41, 5.74) is 5.89. The molecule has 1 aliphatic heterocycles. The molecule has 2 N–H and O–H groups in total. The van der Waals surface area contributed by atoms with Crippen LogP contribution in [0.5, 0.6) is 0 Å². The molecule has 0 radical (unpaired) electrons. The third kappa shape index (κ3) is 3.78. The van der Waals surface area contributed by atoms with Crippen molar-refractivity contribution in [2.75, 3.05) is 26.2 Å². The molecule has 124 valence electrons. The minimum atomic E-state index is -3.33. The van der Waals surface area contributed by atoms with Gasteiger partial charge in [0.1, 0.15) is 0 Å². The van der Waals surface area contributed by atoms with Gasteiger partial charge in [-0.3, -0.25) is 0 Å². The van der Waals surface area contributed by atoms with Gasteiger partial charge < -0.3 is 5.73 Å². The van der Waals surface area contributed by atoms with Gasteiger partial charge in [-0.2, -0.15) is 17.0 Å². The topological polar surface area (TPSA) is 66.6 Å². The zero-order valence-electron chi connectivity index (χ0n) is 13.5. The number of rotatable bonds is 5. The molecule has 2 rings (SSSR count). The maximum atomic E-state index is 13.0. The van der Waals surface area contributed by atoms with Gasteiger partial charge in [0.2, 0.25) is 0 Å². The van der Waals surface area contributed by atoms with Gasteiger partial charge in [-0.1, -0.05) is 26.7 Å². The van der Waals surface area contributed by atoms with E-state index in [1.165, 1.54) is 6.42 Å². The minimum Gasteiger partial charge on any atom is -0.330 e. The molecule has 0 spiro atoms. The second kappa shape index (κ2) is 7.40. The molecule has 0 aromatic heterocycles. The van der Waals surface area contributed by atoms with Crippen molar-refractivity contribution in [1.82, 2.24) is 8.61 Å². The molecule has 2 fully saturated rings. The first kappa shape index (κ1) is 17.2. The quantitative estimate of drug-likeness (QED) is 0.841. The highest BCUT2D eigenvalue weighted by Gasteiger charge is 2.39. The third-order valence-electron chi connectivity index (χ3n) is 5.22. The molecule has 0 amide bonds. The minimum absolute atomic E-state index is 0.0955. The van der Waals surface area contributed by atoms with Crippen molar-refractivity contribution in [2.24, 2.45) is 17.6 Å². The fourth-order valence-electron chi connectivity index (χ4n) is 3.77. The van der Waals surface area contributed by atoms with Gasteiger partial charge in [0.15, 0.2) is 0 Å². The first-order valence-corrected chi connectivity index (χ1v) is 9.87. The van der Waals surface area contributed by atoms with Gasteiger partial charge in [-0.15, -0.1) is 0 Å². The van der Waals surface area contributed by atoms with E-state index in [0.29, 0.717) is 38.0 Å². The lowest BCUT2D eigenvalue weighted by Crippen LogP contribution is -2.54. The molecule has 1 saturated heterocycles. The smallest absolute Gasteiger partial charge is 0.282 e. The fraction of sp³-hybridized carbons (Fsp3) is 1.00. The van der Waals surface area contributed by atoms with Gasteiger partial charge in [0.25, 0.3) is 10.2 Å². The highest BCUT2D eigenvalue weighted by Crippen LogP contribution is 2.31. The third-order valence-corrected chi connectivity index (χ3v) is 7.36. The van der Waals surface area contributed by atoms with Crippen LogP contribution in [0, 0.1) is 11.8 Å². The fourth-order valence-corrected chi connectivity index (χ4v) is 5.69. The molecule has 2 unspecified atom stereocenters. The van der Waals surface area contributed by atoms with Gasteiger partial charge in [-0.25, -0.2) is 0 Å². The summed E-state index contributed by atoms with van der Waals surface area (Å²) in [4.78, 5) is 0. The molecule has 2 aliphatic rings. The van der Waals surface area contributed by atoms with Crippen molar-refractivity contribution in [3.63, 3.8) is 0 Å². The van der Waals surface area contributed by atoms with E-state index in [1.54, 1.807) is 8.61 Å². The first-order chi connectivity index (χ1) is 10.0. The largest absolute Gasteiger partial charge is 0.330 e. The van der Waals surface area contributed by atoms with Crippen LogP contribution in [0.3, 0.4) is 0 Å². The zero-order chi connectivity index (χ0) is 15.5. The maximum absolute atomic E-state index is 13.0. The van der Waals surface area contributed by atoms with Gasteiger partial charge in [0, 0.05) is 25.7 Å². The Morgan fingerprint density at radius 1 is 1.14 bits per heavy atom. The Hall–Kier alpha value is -0.170. The average molecular weight is 317 g/mol. The predicted molar refractivity (Wildman–Crippen MR) is 86.1 cm³/mol. The van der Waals surface area contributed by atoms with Crippen LogP contribution in [0.15, 0.2) is 0 Å². The van der Waals surface area contributed by atoms with E-state index in [0.717, 1.165) is 32.1 Å². The molecule has 0 bridgehead atoms. The van der Waals surface area contributed by atoms with Crippen molar-refractivity contribution >= 4 is 10.2 Å². The Balaban J connectivity index is 2.14. The summed E-state index contributed by atoms with van der Waals surface area (Å²) >= 11 is 0.